The van der Waals surface area contributed by atoms with E-state index in [2.05, 4.69) is 5.32 Å². The predicted molar refractivity (Wildman–Crippen MR) is 68.5 cm³/mol. The second-order valence-corrected chi connectivity index (χ2v) is 5.00. The van der Waals surface area contributed by atoms with Crippen LogP contribution in [0.1, 0.15) is 19.3 Å². The second kappa shape index (κ2) is 5.57. The van der Waals surface area contributed by atoms with Gasteiger partial charge in [-0.1, -0.05) is 18.0 Å². The summed E-state index contributed by atoms with van der Waals surface area (Å²) in [7, 11) is 0. The molecule has 0 spiro atoms. The maximum atomic E-state index is 12.9. The number of anilines is 1. The standard InChI is InChI=1S/C13H13ClFNO3/c14-10-6-7(15)4-5-11(10)16-12(17)8-2-1-3-9(8)13(18)19/h4-6,8-9H,1-3H2,(H,16,17)(H,18,19). The Morgan fingerprint density at radius 1 is 1.32 bits per heavy atom. The first-order chi connectivity index (χ1) is 8.99. The first-order valence-corrected chi connectivity index (χ1v) is 6.35. The molecule has 2 atom stereocenters. The van der Waals surface area contributed by atoms with Crippen LogP contribution in [0.25, 0.3) is 0 Å². The van der Waals surface area contributed by atoms with E-state index in [9.17, 15) is 14.0 Å². The Kier molecular flexibility index (Phi) is 4.04. The molecule has 0 saturated heterocycles. The maximum Gasteiger partial charge on any atom is 0.307 e. The van der Waals surface area contributed by atoms with Gasteiger partial charge in [0.15, 0.2) is 0 Å². The van der Waals surface area contributed by atoms with Crippen LogP contribution in [0.5, 0.6) is 0 Å². The van der Waals surface area contributed by atoms with E-state index in [0.29, 0.717) is 24.9 Å². The summed E-state index contributed by atoms with van der Waals surface area (Å²) in [6.07, 6.45) is 1.76. The SMILES string of the molecule is O=C(O)C1CCCC1C(=O)Nc1ccc(F)cc1Cl. The number of carboxylic acid groups (broad SMARTS) is 1. The minimum Gasteiger partial charge on any atom is -0.481 e. The van der Waals surface area contributed by atoms with E-state index in [1.807, 2.05) is 0 Å². The zero-order chi connectivity index (χ0) is 14.0. The maximum absolute atomic E-state index is 12.9. The molecule has 4 nitrogen and oxygen atoms in total. The van der Waals surface area contributed by atoms with Crippen molar-refractivity contribution in [1.82, 2.24) is 0 Å². The fourth-order valence-electron chi connectivity index (χ4n) is 2.39. The quantitative estimate of drug-likeness (QED) is 0.897. The van der Waals surface area contributed by atoms with Gasteiger partial charge in [0.2, 0.25) is 5.91 Å². The number of rotatable bonds is 3. The van der Waals surface area contributed by atoms with Crippen molar-refractivity contribution in [3.05, 3.63) is 29.0 Å². The molecule has 19 heavy (non-hydrogen) atoms. The third-order valence-corrected chi connectivity index (χ3v) is 3.67. The lowest BCUT2D eigenvalue weighted by Crippen LogP contribution is -2.30. The molecule has 102 valence electrons. The molecular weight excluding hydrogens is 273 g/mol. The Morgan fingerprint density at radius 3 is 2.63 bits per heavy atom. The summed E-state index contributed by atoms with van der Waals surface area (Å²) in [5, 5.41) is 11.7. The average molecular weight is 286 g/mol. The fourth-order valence-corrected chi connectivity index (χ4v) is 2.60. The number of carbonyl (C=O) groups excluding carboxylic acids is 1. The molecule has 1 fully saturated rings. The third-order valence-electron chi connectivity index (χ3n) is 3.36. The summed E-state index contributed by atoms with van der Waals surface area (Å²) < 4.78 is 12.9. The van der Waals surface area contributed by atoms with Gasteiger partial charge in [-0.15, -0.1) is 0 Å². The van der Waals surface area contributed by atoms with Crippen LogP contribution in [-0.4, -0.2) is 17.0 Å². The van der Waals surface area contributed by atoms with Crippen LogP contribution in [-0.2, 0) is 9.59 Å². The van der Waals surface area contributed by atoms with Crippen LogP contribution in [0, 0.1) is 17.7 Å². The molecule has 1 aliphatic carbocycles. The van der Waals surface area contributed by atoms with Crippen molar-refractivity contribution in [2.24, 2.45) is 11.8 Å². The molecule has 2 rings (SSSR count). The first-order valence-electron chi connectivity index (χ1n) is 5.98. The molecule has 0 radical (unpaired) electrons. The highest BCUT2D eigenvalue weighted by Gasteiger charge is 2.37. The van der Waals surface area contributed by atoms with Gasteiger partial charge in [-0.2, -0.15) is 0 Å². The van der Waals surface area contributed by atoms with E-state index in [1.165, 1.54) is 12.1 Å². The van der Waals surface area contributed by atoms with Crippen molar-refractivity contribution >= 4 is 29.2 Å². The Labute approximate surface area is 114 Å². The minimum absolute atomic E-state index is 0.0956. The summed E-state index contributed by atoms with van der Waals surface area (Å²) in [5.41, 5.74) is 0.295. The van der Waals surface area contributed by atoms with Gasteiger partial charge in [-0.25, -0.2) is 4.39 Å². The van der Waals surface area contributed by atoms with Gasteiger partial charge in [0.1, 0.15) is 5.82 Å². The first kappa shape index (κ1) is 13.8. The molecular formula is C13H13ClFNO3. The second-order valence-electron chi connectivity index (χ2n) is 4.60. The van der Waals surface area contributed by atoms with Crippen molar-refractivity contribution in [2.75, 3.05) is 5.32 Å². The number of benzene rings is 1. The Morgan fingerprint density at radius 2 is 2.00 bits per heavy atom. The van der Waals surface area contributed by atoms with E-state index in [-0.39, 0.29) is 10.9 Å². The summed E-state index contributed by atoms with van der Waals surface area (Å²) in [5.74, 6) is -3.04. The van der Waals surface area contributed by atoms with Gasteiger partial charge < -0.3 is 10.4 Å². The molecule has 2 unspecified atom stereocenters. The molecule has 1 aromatic rings. The molecule has 1 amide bonds. The highest BCUT2D eigenvalue weighted by molar-refractivity contribution is 6.33. The molecule has 0 bridgehead atoms. The average Bonchev–Trinajstić information content (AvgIpc) is 2.82. The topological polar surface area (TPSA) is 66.4 Å². The molecule has 2 N–H and O–H groups in total. The third kappa shape index (κ3) is 3.04. The van der Waals surface area contributed by atoms with Crippen LogP contribution in [0.4, 0.5) is 10.1 Å². The van der Waals surface area contributed by atoms with Crippen LogP contribution in [0.3, 0.4) is 0 Å². The van der Waals surface area contributed by atoms with Gasteiger partial charge in [0.05, 0.1) is 22.5 Å². The van der Waals surface area contributed by atoms with E-state index >= 15 is 0 Å². The van der Waals surface area contributed by atoms with Crippen molar-refractivity contribution < 1.29 is 19.1 Å². The van der Waals surface area contributed by atoms with Gasteiger partial charge >= 0.3 is 5.97 Å². The fraction of sp³-hybridized carbons (Fsp3) is 0.385. The molecule has 0 aliphatic heterocycles. The monoisotopic (exact) mass is 285 g/mol. The zero-order valence-corrected chi connectivity index (χ0v) is 10.8. The van der Waals surface area contributed by atoms with Crippen molar-refractivity contribution in [3.8, 4) is 0 Å². The van der Waals surface area contributed by atoms with E-state index in [0.717, 1.165) is 6.07 Å². The minimum atomic E-state index is -0.956. The van der Waals surface area contributed by atoms with Gasteiger partial charge in [-0.3, -0.25) is 9.59 Å². The number of amides is 1. The highest BCUT2D eigenvalue weighted by Crippen LogP contribution is 2.33. The predicted octanol–water partition coefficient (Wildman–Crippen LogP) is 2.92. The lowest BCUT2D eigenvalue weighted by Gasteiger charge is -2.16. The zero-order valence-electron chi connectivity index (χ0n) is 10.0. The molecule has 1 aliphatic rings. The van der Waals surface area contributed by atoms with Gasteiger partial charge in [-0.05, 0) is 31.0 Å². The highest BCUT2D eigenvalue weighted by atomic mass is 35.5. The smallest absolute Gasteiger partial charge is 0.307 e. The number of carbonyl (C=O) groups is 2. The van der Waals surface area contributed by atoms with Crippen LogP contribution >= 0.6 is 11.6 Å². The summed E-state index contributed by atoms with van der Waals surface area (Å²) in [6, 6.07) is 3.64. The number of carboxylic acids is 1. The Balaban J connectivity index is 2.10. The lowest BCUT2D eigenvalue weighted by molar-refractivity contribution is -0.145. The van der Waals surface area contributed by atoms with Crippen LogP contribution in [0.15, 0.2) is 18.2 Å². The van der Waals surface area contributed by atoms with Gasteiger partial charge in [0, 0.05) is 0 Å². The molecule has 1 aromatic carbocycles. The summed E-state index contributed by atoms with van der Waals surface area (Å²) in [4.78, 5) is 23.1. The summed E-state index contributed by atoms with van der Waals surface area (Å²) >= 11 is 5.81. The molecule has 6 heteroatoms. The summed E-state index contributed by atoms with van der Waals surface area (Å²) in [6.45, 7) is 0. The largest absolute Gasteiger partial charge is 0.481 e. The lowest BCUT2D eigenvalue weighted by atomic mass is 9.95. The van der Waals surface area contributed by atoms with Crippen molar-refractivity contribution in [3.63, 3.8) is 0 Å². The number of halogens is 2. The molecule has 1 saturated carbocycles. The number of nitrogens with one attached hydrogen (secondary N) is 1. The van der Waals surface area contributed by atoms with Crippen LogP contribution < -0.4 is 5.32 Å². The molecule has 0 heterocycles. The van der Waals surface area contributed by atoms with Crippen LogP contribution in [0.2, 0.25) is 5.02 Å². The Bertz CT molecular complexity index is 521. The number of aliphatic carboxylic acids is 1. The Hall–Kier alpha value is -1.62. The van der Waals surface area contributed by atoms with E-state index < -0.39 is 23.6 Å². The number of hydrogen-bond acceptors (Lipinski definition) is 2. The van der Waals surface area contributed by atoms with Gasteiger partial charge in [0.25, 0.3) is 0 Å². The van der Waals surface area contributed by atoms with E-state index in [4.69, 9.17) is 16.7 Å². The van der Waals surface area contributed by atoms with Crippen molar-refractivity contribution in [2.45, 2.75) is 19.3 Å². The number of hydrogen-bond donors (Lipinski definition) is 2. The van der Waals surface area contributed by atoms with Crippen molar-refractivity contribution in [1.29, 1.82) is 0 Å². The van der Waals surface area contributed by atoms with E-state index in [1.54, 1.807) is 0 Å². The molecule has 0 aromatic heterocycles. The normalized spacial score (nSPS) is 22.2.